The average Bonchev–Trinajstić information content (AvgIpc) is 3.11. The second-order valence-electron chi connectivity index (χ2n) is 6.14. The van der Waals surface area contributed by atoms with E-state index in [1.165, 1.54) is 12.3 Å². The molecule has 0 aliphatic rings. The molecule has 1 aromatic heterocycles. The largest absolute Gasteiger partial charge is 0.448 e. The van der Waals surface area contributed by atoms with Crippen LogP contribution in [0.4, 0.5) is 0 Å². The Kier molecular flexibility index (Phi) is 8.36. The lowest BCUT2D eigenvalue weighted by atomic mass is 10.2. The van der Waals surface area contributed by atoms with Crippen molar-refractivity contribution in [1.29, 1.82) is 0 Å². The van der Waals surface area contributed by atoms with Crippen LogP contribution in [0, 0.1) is 3.77 Å². The molecular formula is C23H17BrIN3O3. The number of benzene rings is 2. The first kappa shape index (κ1) is 22.7. The summed E-state index contributed by atoms with van der Waals surface area (Å²) in [5, 5.41) is 6.54. The highest BCUT2D eigenvalue weighted by molar-refractivity contribution is 14.1. The van der Waals surface area contributed by atoms with Crippen molar-refractivity contribution in [3.05, 3.63) is 110 Å². The quantitative estimate of drug-likeness (QED) is 0.132. The summed E-state index contributed by atoms with van der Waals surface area (Å²) in [5.74, 6) is -0.499. The van der Waals surface area contributed by atoms with Crippen molar-refractivity contribution in [3.8, 4) is 0 Å². The van der Waals surface area contributed by atoms with Gasteiger partial charge in [0.1, 0.15) is 11.5 Å². The van der Waals surface area contributed by atoms with Crippen LogP contribution in [0.25, 0.3) is 6.08 Å². The monoisotopic (exact) mass is 589 g/mol. The fraction of sp³-hybridized carbons (Fsp3) is 0. The number of hydrazone groups is 1. The van der Waals surface area contributed by atoms with Crippen LogP contribution in [-0.4, -0.2) is 18.0 Å². The number of furan rings is 1. The summed E-state index contributed by atoms with van der Waals surface area (Å²) in [6.07, 6.45) is 6.41. The number of halogens is 2. The molecular weight excluding hydrogens is 573 g/mol. The fourth-order valence-electron chi connectivity index (χ4n) is 2.42. The number of carbonyl (C=O) groups is 2. The minimum atomic E-state index is -0.571. The minimum Gasteiger partial charge on any atom is -0.448 e. The van der Waals surface area contributed by atoms with Crippen LogP contribution < -0.4 is 10.7 Å². The number of allylic oxidation sites excluding steroid dienone is 2. The summed E-state index contributed by atoms with van der Waals surface area (Å²) in [5.41, 5.74) is 3.85. The first-order chi connectivity index (χ1) is 15.0. The van der Waals surface area contributed by atoms with Crippen molar-refractivity contribution in [2.24, 2.45) is 5.10 Å². The van der Waals surface area contributed by atoms with Gasteiger partial charge < -0.3 is 9.73 Å². The molecule has 0 atom stereocenters. The van der Waals surface area contributed by atoms with Crippen molar-refractivity contribution in [3.63, 3.8) is 0 Å². The molecule has 0 fully saturated rings. The minimum absolute atomic E-state index is 0.0494. The highest BCUT2D eigenvalue weighted by Crippen LogP contribution is 2.21. The Bertz CT molecular complexity index is 1120. The van der Waals surface area contributed by atoms with Crippen LogP contribution in [0.3, 0.4) is 0 Å². The summed E-state index contributed by atoms with van der Waals surface area (Å²) in [4.78, 5) is 25.1. The van der Waals surface area contributed by atoms with Crippen LogP contribution in [-0.2, 0) is 4.79 Å². The second-order valence-corrected chi connectivity index (χ2v) is 7.97. The van der Waals surface area contributed by atoms with Gasteiger partial charge in [-0.1, -0.05) is 60.7 Å². The molecule has 3 rings (SSSR count). The Labute approximate surface area is 201 Å². The van der Waals surface area contributed by atoms with E-state index in [0.29, 0.717) is 15.1 Å². The summed E-state index contributed by atoms with van der Waals surface area (Å²) < 4.78 is 6.90. The Morgan fingerprint density at radius 2 is 1.71 bits per heavy atom. The first-order valence-electron chi connectivity index (χ1n) is 9.11. The highest BCUT2D eigenvalue weighted by Gasteiger charge is 2.13. The third-order valence-corrected chi connectivity index (χ3v) is 6.03. The SMILES string of the molecule is O=C(NN=Cc1cc(Br)c(I)o1)/C(=C/C=C/c1ccccc1)NC(=O)c1ccccc1. The summed E-state index contributed by atoms with van der Waals surface area (Å²) in [6, 6.07) is 20.0. The van der Waals surface area contributed by atoms with Crippen molar-refractivity contribution < 1.29 is 14.0 Å². The van der Waals surface area contributed by atoms with Crippen LogP contribution in [0.15, 0.2) is 98.6 Å². The van der Waals surface area contributed by atoms with E-state index < -0.39 is 11.8 Å². The van der Waals surface area contributed by atoms with Crippen molar-refractivity contribution >= 4 is 62.6 Å². The number of nitrogens with zero attached hydrogens (tertiary/aromatic N) is 1. The third kappa shape index (κ3) is 7.04. The van der Waals surface area contributed by atoms with Gasteiger partial charge in [0.2, 0.25) is 0 Å². The molecule has 0 saturated heterocycles. The van der Waals surface area contributed by atoms with Crippen LogP contribution >= 0.6 is 38.5 Å². The van der Waals surface area contributed by atoms with Gasteiger partial charge >= 0.3 is 0 Å². The summed E-state index contributed by atoms with van der Waals surface area (Å²) >= 11 is 5.38. The molecule has 0 saturated carbocycles. The molecule has 2 aromatic carbocycles. The summed E-state index contributed by atoms with van der Waals surface area (Å²) in [7, 11) is 0. The maximum atomic E-state index is 12.6. The summed E-state index contributed by atoms with van der Waals surface area (Å²) in [6.45, 7) is 0. The molecule has 0 aliphatic heterocycles. The molecule has 6 nitrogen and oxygen atoms in total. The molecule has 3 aromatic rings. The molecule has 156 valence electrons. The predicted molar refractivity (Wildman–Crippen MR) is 132 cm³/mol. The Balaban J connectivity index is 1.74. The van der Waals surface area contributed by atoms with E-state index in [-0.39, 0.29) is 5.70 Å². The standard InChI is InChI=1S/C23H17BrIN3O3/c24-19-14-18(31-21(19)25)15-26-28-23(30)20(13-7-10-16-8-3-1-4-9-16)27-22(29)17-11-5-2-6-12-17/h1-15H,(H,27,29)(H,28,30)/b10-7+,20-13-,26-15?. The third-order valence-electron chi connectivity index (χ3n) is 3.90. The molecule has 2 amide bonds. The maximum Gasteiger partial charge on any atom is 0.287 e. The lowest BCUT2D eigenvalue weighted by Gasteiger charge is -2.08. The molecule has 2 N–H and O–H groups in total. The molecule has 0 spiro atoms. The van der Waals surface area contributed by atoms with Gasteiger partial charge in [0, 0.05) is 34.2 Å². The zero-order chi connectivity index (χ0) is 22.1. The van der Waals surface area contributed by atoms with E-state index in [9.17, 15) is 9.59 Å². The predicted octanol–water partition coefficient (Wildman–Crippen LogP) is 5.12. The van der Waals surface area contributed by atoms with Crippen LogP contribution in [0.5, 0.6) is 0 Å². The smallest absolute Gasteiger partial charge is 0.287 e. The van der Waals surface area contributed by atoms with Gasteiger partial charge in [0.15, 0.2) is 3.77 Å². The lowest BCUT2D eigenvalue weighted by molar-refractivity contribution is -0.117. The van der Waals surface area contributed by atoms with Gasteiger partial charge in [-0.15, -0.1) is 0 Å². The van der Waals surface area contributed by atoms with E-state index in [0.717, 1.165) is 10.0 Å². The maximum absolute atomic E-state index is 12.6. The van der Waals surface area contributed by atoms with Crippen molar-refractivity contribution in [2.75, 3.05) is 0 Å². The molecule has 8 heteroatoms. The van der Waals surface area contributed by atoms with Gasteiger partial charge in [-0.25, -0.2) is 5.43 Å². The Morgan fingerprint density at radius 3 is 2.35 bits per heavy atom. The molecule has 1 heterocycles. The van der Waals surface area contributed by atoms with E-state index in [1.54, 1.807) is 36.4 Å². The highest BCUT2D eigenvalue weighted by atomic mass is 127. The second kappa shape index (κ2) is 11.4. The molecule has 0 unspecified atom stereocenters. The van der Waals surface area contributed by atoms with Crippen LogP contribution in [0.2, 0.25) is 0 Å². The lowest BCUT2D eigenvalue weighted by Crippen LogP contribution is -2.32. The van der Waals surface area contributed by atoms with Gasteiger partial charge in [-0.3, -0.25) is 9.59 Å². The molecule has 0 radical (unpaired) electrons. The van der Waals surface area contributed by atoms with E-state index in [2.05, 4.69) is 31.8 Å². The number of hydrogen-bond acceptors (Lipinski definition) is 4. The first-order valence-corrected chi connectivity index (χ1v) is 11.0. The van der Waals surface area contributed by atoms with Gasteiger partial charge in [0.05, 0.1) is 10.7 Å². The van der Waals surface area contributed by atoms with Crippen molar-refractivity contribution in [2.45, 2.75) is 0 Å². The Hall–Kier alpha value is -2.98. The van der Waals surface area contributed by atoms with Crippen LogP contribution in [0.1, 0.15) is 21.7 Å². The van der Waals surface area contributed by atoms with E-state index >= 15 is 0 Å². The fourth-order valence-corrected chi connectivity index (χ4v) is 3.14. The topological polar surface area (TPSA) is 83.7 Å². The molecule has 31 heavy (non-hydrogen) atoms. The average molecular weight is 590 g/mol. The number of nitrogens with one attached hydrogen (secondary N) is 2. The van der Waals surface area contributed by atoms with E-state index in [4.69, 9.17) is 4.42 Å². The number of amides is 2. The molecule has 0 bridgehead atoms. The van der Waals surface area contributed by atoms with Gasteiger partial charge in [-0.05, 0) is 39.7 Å². The van der Waals surface area contributed by atoms with E-state index in [1.807, 2.05) is 65.1 Å². The number of carbonyl (C=O) groups excluding carboxylic acids is 2. The number of hydrogen-bond donors (Lipinski definition) is 2. The van der Waals surface area contributed by atoms with Gasteiger partial charge in [-0.2, -0.15) is 5.10 Å². The zero-order valence-electron chi connectivity index (χ0n) is 16.1. The van der Waals surface area contributed by atoms with Gasteiger partial charge in [0.25, 0.3) is 11.8 Å². The normalized spacial score (nSPS) is 11.7. The molecule has 0 aliphatic carbocycles. The zero-order valence-corrected chi connectivity index (χ0v) is 19.8. The Morgan fingerprint density at radius 1 is 1.03 bits per heavy atom. The van der Waals surface area contributed by atoms with Crippen molar-refractivity contribution in [1.82, 2.24) is 10.7 Å². The number of rotatable bonds is 7.